The number of rotatable bonds is 13. The second-order valence-corrected chi connectivity index (χ2v) is 9.08. The highest BCUT2D eigenvalue weighted by Gasteiger charge is 2.12. The van der Waals surface area contributed by atoms with Crippen LogP contribution >= 0.6 is 0 Å². The Morgan fingerprint density at radius 1 is 0.971 bits per heavy atom. The number of nitrogens with zero attached hydrogens (tertiary/aromatic N) is 4. The van der Waals surface area contributed by atoms with Gasteiger partial charge in [-0.3, -0.25) is 0 Å². The highest BCUT2D eigenvalue weighted by atomic mass is 16.5. The lowest BCUT2D eigenvalue weighted by atomic mass is 10.0. The van der Waals surface area contributed by atoms with Crippen LogP contribution in [0.25, 0.3) is 22.3 Å². The second-order valence-electron chi connectivity index (χ2n) is 9.08. The van der Waals surface area contributed by atoms with Crippen molar-refractivity contribution in [2.45, 2.75) is 59.4 Å². The van der Waals surface area contributed by atoms with Gasteiger partial charge >= 0.3 is 0 Å². The molecule has 2 aromatic heterocycles. The van der Waals surface area contributed by atoms with Gasteiger partial charge in [0, 0.05) is 34.8 Å². The summed E-state index contributed by atoms with van der Waals surface area (Å²) in [7, 11) is 0. The zero-order valence-corrected chi connectivity index (χ0v) is 20.5. The number of aromatic nitrogens is 5. The molecule has 0 aliphatic rings. The van der Waals surface area contributed by atoms with Crippen LogP contribution in [0.4, 0.5) is 0 Å². The van der Waals surface area contributed by atoms with Crippen molar-refractivity contribution >= 4 is 10.9 Å². The largest absolute Gasteiger partial charge is 0.494 e. The van der Waals surface area contributed by atoms with Crippen molar-refractivity contribution in [3.05, 3.63) is 54.2 Å². The molecule has 180 valence electrons. The SMILES string of the molecule is CCCc1c(OCCCCOc2ccc(-c3nn[nH]n3)cc2)ccc2c1ccn2CCC(C)C. The summed E-state index contributed by atoms with van der Waals surface area (Å²) in [5.41, 5.74) is 3.56. The fourth-order valence-electron chi connectivity index (χ4n) is 4.11. The summed E-state index contributed by atoms with van der Waals surface area (Å²) in [6.45, 7) is 9.19. The number of aryl methyl sites for hydroxylation is 2. The van der Waals surface area contributed by atoms with Gasteiger partial charge in [0.1, 0.15) is 11.5 Å². The monoisotopic (exact) mass is 461 g/mol. The minimum absolute atomic E-state index is 0.580. The summed E-state index contributed by atoms with van der Waals surface area (Å²) in [5.74, 6) is 3.14. The number of nitrogens with one attached hydrogen (secondary N) is 1. The number of hydrogen-bond acceptors (Lipinski definition) is 5. The molecule has 7 nitrogen and oxygen atoms in total. The van der Waals surface area contributed by atoms with E-state index in [9.17, 15) is 0 Å². The third-order valence-electron chi connectivity index (χ3n) is 5.99. The number of fused-ring (bicyclic) bond motifs is 1. The van der Waals surface area contributed by atoms with E-state index in [1.165, 1.54) is 22.9 Å². The van der Waals surface area contributed by atoms with E-state index in [1.54, 1.807) is 0 Å². The summed E-state index contributed by atoms with van der Waals surface area (Å²) in [6, 6.07) is 14.4. The summed E-state index contributed by atoms with van der Waals surface area (Å²) >= 11 is 0. The van der Waals surface area contributed by atoms with Gasteiger partial charge < -0.3 is 14.0 Å². The van der Waals surface area contributed by atoms with Gasteiger partial charge in [-0.05, 0) is 79.3 Å². The van der Waals surface area contributed by atoms with Crippen LogP contribution in [0.1, 0.15) is 52.0 Å². The molecule has 0 bridgehead atoms. The van der Waals surface area contributed by atoms with Crippen LogP contribution in [0, 0.1) is 5.92 Å². The number of tetrazole rings is 1. The lowest BCUT2D eigenvalue weighted by molar-refractivity contribution is 0.265. The molecule has 2 aromatic carbocycles. The Labute approximate surface area is 201 Å². The Morgan fingerprint density at radius 3 is 2.47 bits per heavy atom. The van der Waals surface area contributed by atoms with E-state index in [1.807, 2.05) is 24.3 Å². The first-order chi connectivity index (χ1) is 16.7. The first-order valence-corrected chi connectivity index (χ1v) is 12.4. The van der Waals surface area contributed by atoms with Crippen molar-refractivity contribution in [2.24, 2.45) is 5.92 Å². The minimum atomic E-state index is 0.580. The molecule has 4 aromatic rings. The van der Waals surface area contributed by atoms with Gasteiger partial charge in [0.2, 0.25) is 5.82 Å². The third-order valence-corrected chi connectivity index (χ3v) is 5.99. The maximum Gasteiger partial charge on any atom is 0.204 e. The highest BCUT2D eigenvalue weighted by Crippen LogP contribution is 2.31. The standard InChI is InChI=1S/C27H35N5O2/c1-4-7-24-23-15-17-32(16-14-20(2)3)25(23)12-13-26(24)34-19-6-5-18-33-22-10-8-21(9-11-22)27-28-30-31-29-27/h8-13,15,17,20H,4-7,14,16,18-19H2,1-3H3,(H,28,29,30,31). The molecule has 0 atom stereocenters. The Kier molecular flexibility index (Phi) is 8.17. The maximum atomic E-state index is 6.23. The number of H-pyrrole nitrogens is 1. The molecule has 0 aliphatic heterocycles. The predicted octanol–water partition coefficient (Wildman–Crippen LogP) is 6.06. The predicted molar refractivity (Wildman–Crippen MR) is 135 cm³/mol. The average molecular weight is 462 g/mol. The van der Waals surface area contributed by atoms with E-state index in [2.05, 4.69) is 70.4 Å². The average Bonchev–Trinajstić information content (AvgIpc) is 3.52. The molecule has 0 spiro atoms. The van der Waals surface area contributed by atoms with Gasteiger partial charge in [-0.25, -0.2) is 0 Å². The van der Waals surface area contributed by atoms with E-state index in [4.69, 9.17) is 9.47 Å². The fraction of sp³-hybridized carbons (Fsp3) is 0.444. The molecule has 0 aliphatic carbocycles. The minimum Gasteiger partial charge on any atom is -0.494 e. The Bertz CT molecular complexity index is 1150. The summed E-state index contributed by atoms with van der Waals surface area (Å²) in [4.78, 5) is 0. The van der Waals surface area contributed by atoms with Crippen molar-refractivity contribution in [3.8, 4) is 22.9 Å². The van der Waals surface area contributed by atoms with Gasteiger partial charge in [0.15, 0.2) is 0 Å². The lowest BCUT2D eigenvalue weighted by Gasteiger charge is -2.14. The van der Waals surface area contributed by atoms with Crippen molar-refractivity contribution in [3.63, 3.8) is 0 Å². The molecule has 0 fully saturated rings. The number of aromatic amines is 1. The van der Waals surface area contributed by atoms with Crippen LogP contribution in [0.2, 0.25) is 0 Å². The van der Waals surface area contributed by atoms with Gasteiger partial charge in [-0.15, -0.1) is 10.2 Å². The van der Waals surface area contributed by atoms with Crippen molar-refractivity contribution in [1.29, 1.82) is 0 Å². The van der Waals surface area contributed by atoms with Crippen LogP contribution < -0.4 is 9.47 Å². The van der Waals surface area contributed by atoms with Crippen molar-refractivity contribution < 1.29 is 9.47 Å². The molecule has 0 saturated carbocycles. The fourth-order valence-corrected chi connectivity index (χ4v) is 4.11. The van der Waals surface area contributed by atoms with Crippen molar-refractivity contribution in [2.75, 3.05) is 13.2 Å². The van der Waals surface area contributed by atoms with Crippen LogP contribution in [0.5, 0.6) is 11.5 Å². The molecule has 0 radical (unpaired) electrons. The van der Waals surface area contributed by atoms with Crippen LogP contribution in [-0.4, -0.2) is 38.4 Å². The molecule has 7 heteroatoms. The maximum absolute atomic E-state index is 6.23. The Morgan fingerprint density at radius 2 is 1.76 bits per heavy atom. The Hall–Kier alpha value is -3.35. The molecule has 0 saturated heterocycles. The number of ether oxygens (including phenoxy) is 2. The number of unbranched alkanes of at least 4 members (excludes halogenated alkanes) is 1. The molecular weight excluding hydrogens is 426 g/mol. The van der Waals surface area contributed by atoms with Crippen LogP contribution in [0.3, 0.4) is 0 Å². The number of benzene rings is 2. The Balaban J connectivity index is 1.26. The molecule has 1 N–H and O–H groups in total. The smallest absolute Gasteiger partial charge is 0.204 e. The summed E-state index contributed by atoms with van der Waals surface area (Å²) in [6.07, 6.45) is 7.43. The molecule has 0 unspecified atom stereocenters. The normalized spacial score (nSPS) is 11.4. The third kappa shape index (κ3) is 5.95. The summed E-state index contributed by atoms with van der Waals surface area (Å²) in [5, 5.41) is 15.3. The first-order valence-electron chi connectivity index (χ1n) is 12.4. The molecule has 2 heterocycles. The molecule has 0 amide bonds. The zero-order valence-electron chi connectivity index (χ0n) is 20.5. The second kappa shape index (κ2) is 11.7. The van der Waals surface area contributed by atoms with Gasteiger partial charge in [-0.2, -0.15) is 5.21 Å². The van der Waals surface area contributed by atoms with Gasteiger partial charge in [0.25, 0.3) is 0 Å². The highest BCUT2D eigenvalue weighted by molar-refractivity contribution is 5.86. The topological polar surface area (TPSA) is 77.8 Å². The van der Waals surface area contributed by atoms with Crippen LogP contribution in [0.15, 0.2) is 48.7 Å². The quantitative estimate of drug-likeness (QED) is 0.245. The lowest BCUT2D eigenvalue weighted by Crippen LogP contribution is -2.04. The van der Waals surface area contributed by atoms with E-state index >= 15 is 0 Å². The summed E-state index contributed by atoms with van der Waals surface area (Å²) < 4.78 is 14.5. The van der Waals surface area contributed by atoms with E-state index in [0.717, 1.165) is 49.3 Å². The van der Waals surface area contributed by atoms with Gasteiger partial charge in [-0.1, -0.05) is 27.2 Å². The van der Waals surface area contributed by atoms with E-state index in [0.29, 0.717) is 25.0 Å². The van der Waals surface area contributed by atoms with Gasteiger partial charge in [0.05, 0.1) is 13.2 Å². The number of hydrogen-bond donors (Lipinski definition) is 1. The first kappa shape index (κ1) is 23.8. The molecular formula is C27H35N5O2. The zero-order chi connectivity index (χ0) is 23.8. The molecule has 34 heavy (non-hydrogen) atoms. The molecule has 4 rings (SSSR count). The van der Waals surface area contributed by atoms with Crippen molar-refractivity contribution in [1.82, 2.24) is 25.2 Å². The van der Waals surface area contributed by atoms with E-state index in [-0.39, 0.29) is 0 Å². The van der Waals surface area contributed by atoms with E-state index < -0.39 is 0 Å². The van der Waals surface area contributed by atoms with Crippen LogP contribution in [-0.2, 0) is 13.0 Å².